The third kappa shape index (κ3) is 2.64. The van der Waals surface area contributed by atoms with Gasteiger partial charge in [-0.3, -0.25) is 0 Å². The molecular formula is C13H9F4NO3. The lowest BCUT2D eigenvalue weighted by Crippen LogP contribution is -2.07. The minimum atomic E-state index is -1.61. The molecule has 0 fully saturated rings. The molecule has 0 amide bonds. The Bertz CT molecular complexity index is 680. The molecule has 2 rings (SSSR count). The molecule has 0 aliphatic carbocycles. The number of halogens is 4. The van der Waals surface area contributed by atoms with E-state index in [0.717, 1.165) is 12.1 Å². The third-order valence-electron chi connectivity index (χ3n) is 2.78. The minimum absolute atomic E-state index is 0.0474. The molecule has 21 heavy (non-hydrogen) atoms. The van der Waals surface area contributed by atoms with Crippen molar-refractivity contribution >= 4 is 5.69 Å². The third-order valence-corrected chi connectivity index (χ3v) is 2.78. The van der Waals surface area contributed by atoms with Crippen LogP contribution in [0.5, 0.6) is 17.2 Å². The van der Waals surface area contributed by atoms with Crippen LogP contribution >= 0.6 is 0 Å². The highest BCUT2D eigenvalue weighted by Crippen LogP contribution is 2.37. The highest BCUT2D eigenvalue weighted by atomic mass is 19.2. The summed E-state index contributed by atoms with van der Waals surface area (Å²) in [5, 5.41) is 30.0. The van der Waals surface area contributed by atoms with Gasteiger partial charge in [0, 0.05) is 18.2 Å². The molecule has 0 bridgehead atoms. The number of nitrogens with one attached hydrogen (secondary N) is 1. The molecule has 2 aromatic rings. The molecule has 0 saturated carbocycles. The van der Waals surface area contributed by atoms with Crippen molar-refractivity contribution in [2.24, 2.45) is 0 Å². The summed E-state index contributed by atoms with van der Waals surface area (Å²) >= 11 is 0. The molecule has 0 aliphatic rings. The summed E-state index contributed by atoms with van der Waals surface area (Å²) in [4.78, 5) is 0. The summed E-state index contributed by atoms with van der Waals surface area (Å²) in [6.07, 6.45) is 0. The maximum absolute atomic E-state index is 13.4. The number of phenolic OH excluding ortho intramolecular Hbond substituents is 3. The lowest BCUT2D eigenvalue weighted by atomic mass is 10.1. The second kappa shape index (κ2) is 5.39. The van der Waals surface area contributed by atoms with E-state index in [1.54, 1.807) is 0 Å². The maximum Gasteiger partial charge on any atom is 0.200 e. The molecule has 2 aromatic carbocycles. The number of benzene rings is 2. The van der Waals surface area contributed by atoms with Crippen LogP contribution in [0.25, 0.3) is 0 Å². The number of aromatic hydroxyl groups is 3. The average Bonchev–Trinajstić information content (AvgIpc) is 2.45. The van der Waals surface area contributed by atoms with Crippen molar-refractivity contribution in [1.82, 2.24) is 0 Å². The highest BCUT2D eigenvalue weighted by molar-refractivity contribution is 5.55. The van der Waals surface area contributed by atoms with Gasteiger partial charge in [-0.1, -0.05) is 0 Å². The van der Waals surface area contributed by atoms with Crippen LogP contribution in [-0.2, 0) is 6.54 Å². The molecule has 0 saturated heterocycles. The molecular weight excluding hydrogens is 294 g/mol. The molecule has 112 valence electrons. The van der Waals surface area contributed by atoms with E-state index in [1.807, 2.05) is 0 Å². The van der Waals surface area contributed by atoms with E-state index >= 15 is 0 Å². The summed E-state index contributed by atoms with van der Waals surface area (Å²) in [5.74, 6) is -8.51. The Labute approximate surface area is 115 Å². The molecule has 0 heterocycles. The van der Waals surface area contributed by atoms with Crippen LogP contribution in [0.3, 0.4) is 0 Å². The zero-order valence-corrected chi connectivity index (χ0v) is 10.3. The topological polar surface area (TPSA) is 72.7 Å². The van der Waals surface area contributed by atoms with Gasteiger partial charge in [0.15, 0.2) is 34.8 Å². The number of anilines is 1. The van der Waals surface area contributed by atoms with Gasteiger partial charge in [0.2, 0.25) is 5.75 Å². The molecule has 0 aliphatic heterocycles. The number of rotatable bonds is 3. The molecule has 8 heteroatoms. The summed E-state index contributed by atoms with van der Waals surface area (Å²) in [6, 6.07) is 2.26. The summed E-state index contributed by atoms with van der Waals surface area (Å²) < 4.78 is 52.8. The van der Waals surface area contributed by atoms with E-state index in [9.17, 15) is 27.8 Å². The molecule has 0 spiro atoms. The van der Waals surface area contributed by atoms with E-state index in [-0.39, 0.29) is 11.6 Å². The number of hydrogen-bond acceptors (Lipinski definition) is 4. The Morgan fingerprint density at radius 1 is 0.857 bits per heavy atom. The predicted octanol–water partition coefficient (Wildman–Crippen LogP) is 2.97. The van der Waals surface area contributed by atoms with Crippen LogP contribution in [0.2, 0.25) is 0 Å². The van der Waals surface area contributed by atoms with E-state index in [2.05, 4.69) is 5.32 Å². The standard InChI is InChI=1S/C13H9F4NO3/c14-6-3-7(15)10(17)11(9(6)16)18-4-5-1-2-8(19)13(21)12(5)20/h1-3,18-21H,4H2. The normalized spacial score (nSPS) is 10.7. The second-order valence-electron chi connectivity index (χ2n) is 4.14. The monoisotopic (exact) mass is 303 g/mol. The van der Waals surface area contributed by atoms with Crippen LogP contribution in [0, 0.1) is 23.3 Å². The van der Waals surface area contributed by atoms with Gasteiger partial charge in [-0.05, 0) is 12.1 Å². The minimum Gasteiger partial charge on any atom is -0.504 e. The summed E-state index contributed by atoms with van der Waals surface area (Å²) in [6.45, 7) is -0.448. The molecule has 0 unspecified atom stereocenters. The summed E-state index contributed by atoms with van der Waals surface area (Å²) in [5.41, 5.74) is -1.09. The van der Waals surface area contributed by atoms with Gasteiger partial charge < -0.3 is 20.6 Å². The van der Waals surface area contributed by atoms with Gasteiger partial charge in [-0.25, -0.2) is 17.6 Å². The molecule has 4 nitrogen and oxygen atoms in total. The molecule has 0 atom stereocenters. The maximum atomic E-state index is 13.4. The van der Waals surface area contributed by atoms with Crippen molar-refractivity contribution in [3.63, 3.8) is 0 Å². The van der Waals surface area contributed by atoms with E-state index in [1.165, 1.54) is 0 Å². The fraction of sp³-hybridized carbons (Fsp3) is 0.0769. The SMILES string of the molecule is Oc1ccc(CNc2c(F)c(F)cc(F)c2F)c(O)c1O. The lowest BCUT2D eigenvalue weighted by Gasteiger charge is -2.12. The Hall–Kier alpha value is -2.64. The van der Waals surface area contributed by atoms with Crippen molar-refractivity contribution in [2.45, 2.75) is 6.54 Å². The Morgan fingerprint density at radius 2 is 1.43 bits per heavy atom. The van der Waals surface area contributed by atoms with Gasteiger partial charge in [0.1, 0.15) is 5.69 Å². The average molecular weight is 303 g/mol. The fourth-order valence-corrected chi connectivity index (χ4v) is 1.67. The van der Waals surface area contributed by atoms with Crippen molar-refractivity contribution in [1.29, 1.82) is 0 Å². The van der Waals surface area contributed by atoms with Gasteiger partial charge in [0.25, 0.3) is 0 Å². The molecule has 0 radical (unpaired) electrons. The first kappa shape index (κ1) is 14.8. The van der Waals surface area contributed by atoms with Crippen LogP contribution in [0.1, 0.15) is 5.56 Å². The quantitative estimate of drug-likeness (QED) is 0.399. The van der Waals surface area contributed by atoms with Gasteiger partial charge in [-0.15, -0.1) is 0 Å². The lowest BCUT2D eigenvalue weighted by molar-refractivity contribution is 0.365. The van der Waals surface area contributed by atoms with E-state index < -0.39 is 52.7 Å². The Kier molecular flexibility index (Phi) is 3.79. The largest absolute Gasteiger partial charge is 0.504 e. The first-order valence-corrected chi connectivity index (χ1v) is 5.62. The highest BCUT2D eigenvalue weighted by Gasteiger charge is 2.19. The van der Waals surface area contributed by atoms with Crippen molar-refractivity contribution in [2.75, 3.05) is 5.32 Å². The van der Waals surface area contributed by atoms with Crippen molar-refractivity contribution in [3.05, 3.63) is 47.0 Å². The summed E-state index contributed by atoms with van der Waals surface area (Å²) in [7, 11) is 0. The first-order valence-electron chi connectivity index (χ1n) is 5.62. The number of hydrogen-bond donors (Lipinski definition) is 4. The number of phenols is 3. The van der Waals surface area contributed by atoms with E-state index in [0.29, 0.717) is 0 Å². The van der Waals surface area contributed by atoms with Gasteiger partial charge >= 0.3 is 0 Å². The van der Waals surface area contributed by atoms with Crippen molar-refractivity contribution in [3.8, 4) is 17.2 Å². The van der Waals surface area contributed by atoms with Gasteiger partial charge in [0.05, 0.1) is 0 Å². The molecule has 0 aromatic heterocycles. The second-order valence-corrected chi connectivity index (χ2v) is 4.14. The van der Waals surface area contributed by atoms with Crippen LogP contribution < -0.4 is 5.32 Å². The van der Waals surface area contributed by atoms with Crippen LogP contribution in [-0.4, -0.2) is 15.3 Å². The fourth-order valence-electron chi connectivity index (χ4n) is 1.67. The smallest absolute Gasteiger partial charge is 0.200 e. The Morgan fingerprint density at radius 3 is 2.00 bits per heavy atom. The van der Waals surface area contributed by atoms with Crippen LogP contribution in [0.15, 0.2) is 18.2 Å². The Balaban J connectivity index is 2.31. The van der Waals surface area contributed by atoms with Crippen LogP contribution in [0.4, 0.5) is 23.2 Å². The van der Waals surface area contributed by atoms with E-state index in [4.69, 9.17) is 5.11 Å². The first-order chi connectivity index (χ1) is 9.82. The zero-order valence-electron chi connectivity index (χ0n) is 10.3. The zero-order chi connectivity index (χ0) is 15.7. The molecule has 4 N–H and O–H groups in total. The van der Waals surface area contributed by atoms with Gasteiger partial charge in [-0.2, -0.15) is 0 Å². The predicted molar refractivity (Wildman–Crippen MR) is 65.0 cm³/mol. The van der Waals surface area contributed by atoms with Crippen molar-refractivity contribution < 1.29 is 32.9 Å².